The van der Waals surface area contributed by atoms with E-state index < -0.39 is 0 Å². The van der Waals surface area contributed by atoms with Crippen molar-refractivity contribution >= 4 is 24.5 Å². The lowest BCUT2D eigenvalue weighted by Crippen LogP contribution is -1.95. The molecular weight excluding hydrogens is 306 g/mol. The Balaban J connectivity index is 1.90. The van der Waals surface area contributed by atoms with E-state index in [2.05, 4.69) is 26.4 Å². The molecule has 0 atom stereocenters. The highest BCUT2D eigenvalue weighted by atomic mass is 32.1. The Morgan fingerprint density at radius 3 is 2.65 bits per heavy atom. The first-order chi connectivity index (χ1) is 11.2. The number of nitrogens with zero attached hydrogens (tertiary/aromatic N) is 4. The van der Waals surface area contributed by atoms with E-state index in [1.807, 2.05) is 49.4 Å². The molecule has 0 aliphatic rings. The van der Waals surface area contributed by atoms with Crippen molar-refractivity contribution in [1.29, 1.82) is 0 Å². The fourth-order valence-electron chi connectivity index (χ4n) is 2.08. The van der Waals surface area contributed by atoms with Gasteiger partial charge in [0.25, 0.3) is 0 Å². The molecule has 0 spiro atoms. The Morgan fingerprint density at radius 1 is 1.17 bits per heavy atom. The third-order valence-corrected chi connectivity index (χ3v) is 3.42. The monoisotopic (exact) mass is 321 g/mol. The molecule has 3 aromatic rings. The fraction of sp³-hybridized carbons (Fsp3) is 0.0588. The number of hydrogen-bond acceptors (Lipinski definition) is 4. The van der Waals surface area contributed by atoms with Crippen LogP contribution in [0.1, 0.15) is 12.5 Å². The second-order valence-corrected chi connectivity index (χ2v) is 5.33. The van der Waals surface area contributed by atoms with E-state index in [1.54, 1.807) is 23.3 Å². The quantitative estimate of drug-likeness (QED) is 0.585. The molecule has 6 heteroatoms. The molecule has 1 N–H and O–H groups in total. The van der Waals surface area contributed by atoms with E-state index in [4.69, 9.17) is 12.2 Å². The second kappa shape index (κ2) is 6.93. The van der Waals surface area contributed by atoms with Crippen molar-refractivity contribution in [1.82, 2.24) is 19.9 Å². The number of benzene rings is 1. The van der Waals surface area contributed by atoms with Crippen LogP contribution >= 0.6 is 12.2 Å². The Kier molecular flexibility index (Phi) is 4.54. The first kappa shape index (κ1) is 15.1. The molecule has 0 aliphatic heterocycles. The zero-order valence-electron chi connectivity index (χ0n) is 12.5. The van der Waals surface area contributed by atoms with Gasteiger partial charge in [0.15, 0.2) is 5.82 Å². The number of pyridine rings is 1. The molecule has 0 saturated heterocycles. The minimum Gasteiger partial charge on any atom is -0.265 e. The molecule has 5 nitrogen and oxygen atoms in total. The van der Waals surface area contributed by atoms with Gasteiger partial charge in [0.2, 0.25) is 4.77 Å². The predicted octanol–water partition coefficient (Wildman–Crippen LogP) is 3.94. The first-order valence-electron chi connectivity index (χ1n) is 7.09. The summed E-state index contributed by atoms with van der Waals surface area (Å²) >= 11 is 5.25. The van der Waals surface area contributed by atoms with Crippen LogP contribution in [0.2, 0.25) is 0 Å². The summed E-state index contributed by atoms with van der Waals surface area (Å²) < 4.78 is 2.05. The lowest BCUT2D eigenvalue weighted by Gasteiger charge is -2.00. The maximum absolute atomic E-state index is 5.25. The van der Waals surface area contributed by atoms with Crippen LogP contribution in [0.25, 0.3) is 17.5 Å². The van der Waals surface area contributed by atoms with Gasteiger partial charge in [-0.15, -0.1) is 0 Å². The number of nitrogens with one attached hydrogen (secondary N) is 1. The normalized spacial score (nSPS) is 12.0. The van der Waals surface area contributed by atoms with E-state index in [0.717, 1.165) is 16.7 Å². The zero-order valence-corrected chi connectivity index (χ0v) is 13.4. The number of aromatic nitrogens is 4. The highest BCUT2D eigenvalue weighted by Gasteiger charge is 2.07. The Morgan fingerprint density at radius 2 is 1.91 bits per heavy atom. The van der Waals surface area contributed by atoms with Gasteiger partial charge < -0.3 is 0 Å². The van der Waals surface area contributed by atoms with Crippen molar-refractivity contribution < 1.29 is 0 Å². The Labute approximate surface area is 139 Å². The molecule has 23 heavy (non-hydrogen) atoms. The fourth-order valence-corrected chi connectivity index (χ4v) is 2.26. The summed E-state index contributed by atoms with van der Waals surface area (Å²) in [6, 6.07) is 13.8. The summed E-state index contributed by atoms with van der Waals surface area (Å²) in [6.45, 7) is 1.99. The van der Waals surface area contributed by atoms with Gasteiger partial charge in [-0.05, 0) is 42.4 Å². The molecule has 2 aromatic heterocycles. The maximum Gasteiger partial charge on any atom is 0.216 e. The van der Waals surface area contributed by atoms with Crippen LogP contribution in [0.4, 0.5) is 0 Å². The standard InChI is InChI=1S/C17H15N5S/c1-13(11-14-5-3-2-4-6-14)12-19-22-16(20-21-17(22)23)15-7-9-18-10-8-15/h2-12H,1H3,(H,21,23). The minimum atomic E-state index is 0.445. The summed E-state index contributed by atoms with van der Waals surface area (Å²) in [6.07, 6.45) is 7.24. The lowest BCUT2D eigenvalue weighted by molar-refractivity contribution is 0.871. The molecule has 0 amide bonds. The van der Waals surface area contributed by atoms with E-state index >= 15 is 0 Å². The molecule has 0 radical (unpaired) electrons. The number of rotatable bonds is 4. The van der Waals surface area contributed by atoms with Crippen LogP contribution in [0, 0.1) is 4.77 Å². The highest BCUT2D eigenvalue weighted by molar-refractivity contribution is 7.71. The molecule has 0 fully saturated rings. The molecule has 1 aromatic carbocycles. The average Bonchev–Trinajstić information content (AvgIpc) is 2.95. The van der Waals surface area contributed by atoms with Gasteiger partial charge in [-0.2, -0.15) is 14.9 Å². The smallest absolute Gasteiger partial charge is 0.216 e. The van der Waals surface area contributed by atoms with Gasteiger partial charge in [-0.3, -0.25) is 4.98 Å². The Bertz CT molecular complexity index is 891. The van der Waals surface area contributed by atoms with Gasteiger partial charge >= 0.3 is 0 Å². The third-order valence-electron chi connectivity index (χ3n) is 3.16. The molecule has 3 rings (SSSR count). The molecular formula is C17H15N5S. The summed E-state index contributed by atoms with van der Waals surface area (Å²) in [5, 5.41) is 11.4. The van der Waals surface area contributed by atoms with Crippen molar-refractivity contribution in [2.75, 3.05) is 0 Å². The topological polar surface area (TPSA) is 58.9 Å². The van der Waals surface area contributed by atoms with Crippen LogP contribution < -0.4 is 0 Å². The second-order valence-electron chi connectivity index (χ2n) is 4.94. The predicted molar refractivity (Wildman–Crippen MR) is 94.6 cm³/mol. The van der Waals surface area contributed by atoms with E-state index in [-0.39, 0.29) is 0 Å². The van der Waals surface area contributed by atoms with Gasteiger partial charge in [0.05, 0.1) is 6.21 Å². The van der Waals surface area contributed by atoms with Crippen molar-refractivity contribution in [2.24, 2.45) is 5.10 Å². The number of aromatic amines is 1. The first-order valence-corrected chi connectivity index (χ1v) is 7.50. The van der Waals surface area contributed by atoms with E-state index in [1.165, 1.54) is 0 Å². The van der Waals surface area contributed by atoms with Crippen molar-refractivity contribution in [3.8, 4) is 11.4 Å². The molecule has 114 valence electrons. The number of H-pyrrole nitrogens is 1. The van der Waals surface area contributed by atoms with Crippen molar-refractivity contribution in [3.05, 3.63) is 70.8 Å². The SMILES string of the molecule is CC(C=Nn1c(-c2ccncc2)n[nH]c1=S)=Cc1ccccc1. The van der Waals surface area contributed by atoms with Gasteiger partial charge in [-0.25, -0.2) is 5.10 Å². The Hall–Kier alpha value is -2.86. The summed E-state index contributed by atoms with van der Waals surface area (Å²) in [5.74, 6) is 0.654. The van der Waals surface area contributed by atoms with E-state index in [0.29, 0.717) is 10.6 Å². The summed E-state index contributed by atoms with van der Waals surface area (Å²) in [5.41, 5.74) is 3.04. The van der Waals surface area contributed by atoms with E-state index in [9.17, 15) is 0 Å². The molecule has 2 heterocycles. The largest absolute Gasteiger partial charge is 0.265 e. The van der Waals surface area contributed by atoms with Crippen LogP contribution in [-0.2, 0) is 0 Å². The average molecular weight is 321 g/mol. The van der Waals surface area contributed by atoms with Crippen LogP contribution in [0.15, 0.2) is 65.5 Å². The van der Waals surface area contributed by atoms with Crippen LogP contribution in [0.5, 0.6) is 0 Å². The number of allylic oxidation sites excluding steroid dienone is 1. The third kappa shape index (κ3) is 3.67. The van der Waals surface area contributed by atoms with Crippen LogP contribution in [-0.4, -0.2) is 26.1 Å². The molecule has 0 unspecified atom stereocenters. The highest BCUT2D eigenvalue weighted by Crippen LogP contribution is 2.15. The van der Waals surface area contributed by atoms with Gasteiger partial charge in [0.1, 0.15) is 0 Å². The summed E-state index contributed by atoms with van der Waals surface area (Å²) in [4.78, 5) is 4.01. The zero-order chi connectivity index (χ0) is 16.1. The van der Waals surface area contributed by atoms with Gasteiger partial charge in [0, 0.05) is 18.0 Å². The molecule has 0 aliphatic carbocycles. The van der Waals surface area contributed by atoms with Crippen molar-refractivity contribution in [3.63, 3.8) is 0 Å². The molecule has 0 saturated carbocycles. The van der Waals surface area contributed by atoms with Gasteiger partial charge in [-0.1, -0.05) is 36.4 Å². The minimum absolute atomic E-state index is 0.445. The molecule has 0 bridgehead atoms. The summed E-state index contributed by atoms with van der Waals surface area (Å²) in [7, 11) is 0. The van der Waals surface area contributed by atoms with Crippen molar-refractivity contribution in [2.45, 2.75) is 6.92 Å². The lowest BCUT2D eigenvalue weighted by atomic mass is 10.1. The van der Waals surface area contributed by atoms with Crippen LogP contribution in [0.3, 0.4) is 0 Å². The number of hydrogen-bond donors (Lipinski definition) is 1. The maximum atomic E-state index is 5.25.